The number of sulfonamides is 1. The summed E-state index contributed by atoms with van der Waals surface area (Å²) >= 11 is 0. The van der Waals surface area contributed by atoms with Gasteiger partial charge >= 0.3 is 12.1 Å². The van der Waals surface area contributed by atoms with Gasteiger partial charge in [0.25, 0.3) is 5.91 Å². The normalized spacial score (nSPS) is 30.7. The number of benzene rings is 1. The van der Waals surface area contributed by atoms with Crippen LogP contribution in [0.5, 0.6) is 0 Å². The molecule has 0 aromatic heterocycles. The first kappa shape index (κ1) is 30.9. The van der Waals surface area contributed by atoms with E-state index in [4.69, 9.17) is 4.74 Å². The predicted molar refractivity (Wildman–Crippen MR) is 163 cm³/mol. The SMILES string of the molecule is O=C1N[C@]2(C(=O)NS(=O)(=O)C3CC3)C[C@H]2/C=C\CCCCCN(C2CC2)C(=O)N2C[C@H](OC(=O)N3Cc4cccc(F)c4C3)C[C@@H]12. The van der Waals surface area contributed by atoms with Crippen LogP contribution in [0.3, 0.4) is 0 Å². The lowest BCUT2D eigenvalue weighted by atomic mass is 10.1. The summed E-state index contributed by atoms with van der Waals surface area (Å²) in [4.78, 5) is 59.4. The fourth-order valence-corrected chi connectivity index (χ4v) is 8.37. The van der Waals surface area contributed by atoms with E-state index in [2.05, 4.69) is 10.0 Å². The van der Waals surface area contributed by atoms with Gasteiger partial charge in [-0.3, -0.25) is 19.2 Å². The number of carbonyl (C=O) groups excluding carboxylic acids is 4. The highest BCUT2D eigenvalue weighted by atomic mass is 32.2. The fourth-order valence-electron chi connectivity index (χ4n) is 7.00. The zero-order valence-corrected chi connectivity index (χ0v) is 26.5. The van der Waals surface area contributed by atoms with E-state index in [1.807, 2.05) is 17.1 Å². The van der Waals surface area contributed by atoms with Crippen molar-refractivity contribution in [3.8, 4) is 0 Å². The Labute approximate surface area is 267 Å². The lowest BCUT2D eigenvalue weighted by molar-refractivity contribution is -0.131. The van der Waals surface area contributed by atoms with Gasteiger partial charge in [0, 0.05) is 37.0 Å². The Kier molecular flexibility index (Phi) is 7.97. The van der Waals surface area contributed by atoms with Gasteiger partial charge in [-0.25, -0.2) is 22.4 Å². The van der Waals surface area contributed by atoms with Crippen molar-refractivity contribution >= 4 is 34.0 Å². The number of fused-ring (bicyclic) bond motifs is 3. The van der Waals surface area contributed by atoms with Gasteiger partial charge in [0.1, 0.15) is 23.5 Å². The van der Waals surface area contributed by atoms with Gasteiger partial charge < -0.3 is 19.9 Å². The lowest BCUT2D eigenvalue weighted by Crippen LogP contribution is -2.57. The Balaban J connectivity index is 1.12. The minimum Gasteiger partial charge on any atom is -0.444 e. The van der Waals surface area contributed by atoms with E-state index in [1.54, 1.807) is 12.1 Å². The number of urea groups is 1. The number of carbonyl (C=O) groups is 4. The van der Waals surface area contributed by atoms with Crippen LogP contribution in [0, 0.1) is 11.7 Å². The summed E-state index contributed by atoms with van der Waals surface area (Å²) in [6.45, 7) is 0.788. The first-order valence-electron chi connectivity index (χ1n) is 16.4. The number of nitrogens with zero attached hydrogens (tertiary/aromatic N) is 3. The van der Waals surface area contributed by atoms with Crippen LogP contribution in [-0.4, -0.2) is 89.1 Å². The summed E-state index contributed by atoms with van der Waals surface area (Å²) in [5.74, 6) is -2.15. The molecule has 248 valence electrons. The van der Waals surface area contributed by atoms with E-state index in [-0.39, 0.29) is 44.5 Å². The Hall–Kier alpha value is -3.68. The quantitative estimate of drug-likeness (QED) is 0.464. The predicted octanol–water partition coefficient (Wildman–Crippen LogP) is 2.92. The van der Waals surface area contributed by atoms with Crippen molar-refractivity contribution in [1.29, 1.82) is 0 Å². The summed E-state index contributed by atoms with van der Waals surface area (Å²) in [7, 11) is -3.85. The van der Waals surface area contributed by atoms with Gasteiger partial charge in [-0.1, -0.05) is 30.7 Å². The molecule has 4 atom stereocenters. The standard InChI is InChI=1S/C32H40FN5O7S/c33-26-9-6-7-20-17-36(19-25(20)26)31(42)45-23-15-27-28(39)34-32(29(40)35-46(43,44)24-12-13-24)16-21(32)8-4-2-1-3-5-14-37(22-10-11-22)30(41)38(27)18-23/h4,6-9,21-24,27H,1-3,5,10-19H2,(H,34,39)(H,35,40)/b8-4-/t21-,23-,27+,32-/m1/s1. The van der Waals surface area contributed by atoms with Crippen LogP contribution in [0.2, 0.25) is 0 Å². The van der Waals surface area contributed by atoms with Crippen LogP contribution in [0.15, 0.2) is 30.4 Å². The number of hydrogen-bond donors (Lipinski definition) is 2. The van der Waals surface area contributed by atoms with Crippen LogP contribution in [-0.2, 0) is 37.4 Å². The first-order chi connectivity index (χ1) is 22.1. The topological polar surface area (TPSA) is 145 Å². The van der Waals surface area contributed by atoms with Crippen molar-refractivity contribution in [3.05, 3.63) is 47.3 Å². The second-order valence-electron chi connectivity index (χ2n) is 13.6. The molecule has 1 aromatic carbocycles. The monoisotopic (exact) mass is 657 g/mol. The molecule has 7 rings (SSSR count). The number of amides is 5. The van der Waals surface area contributed by atoms with Crippen molar-refractivity contribution in [1.82, 2.24) is 24.7 Å². The molecule has 3 aliphatic heterocycles. The molecular weight excluding hydrogens is 617 g/mol. The van der Waals surface area contributed by atoms with Crippen molar-refractivity contribution in [2.75, 3.05) is 13.1 Å². The van der Waals surface area contributed by atoms with Gasteiger partial charge in [-0.2, -0.15) is 0 Å². The minimum atomic E-state index is -3.85. The molecule has 3 aliphatic carbocycles. The lowest BCUT2D eigenvalue weighted by Gasteiger charge is -2.32. The Morgan fingerprint density at radius 1 is 1.04 bits per heavy atom. The highest BCUT2D eigenvalue weighted by Crippen LogP contribution is 2.46. The highest BCUT2D eigenvalue weighted by Gasteiger charge is 2.62. The van der Waals surface area contributed by atoms with E-state index in [9.17, 15) is 32.0 Å². The molecule has 0 unspecified atom stereocenters. The van der Waals surface area contributed by atoms with Gasteiger partial charge in [0.05, 0.1) is 18.3 Å². The maximum Gasteiger partial charge on any atom is 0.410 e. The van der Waals surface area contributed by atoms with E-state index >= 15 is 0 Å². The van der Waals surface area contributed by atoms with Crippen molar-refractivity contribution in [3.63, 3.8) is 0 Å². The smallest absolute Gasteiger partial charge is 0.410 e. The molecule has 1 saturated heterocycles. The second kappa shape index (κ2) is 11.8. The van der Waals surface area contributed by atoms with Gasteiger partial charge in [0.2, 0.25) is 15.9 Å². The third-order valence-corrected chi connectivity index (χ3v) is 11.9. The molecule has 46 heavy (non-hydrogen) atoms. The maximum absolute atomic E-state index is 14.3. The van der Waals surface area contributed by atoms with Crippen molar-refractivity contribution in [2.24, 2.45) is 5.92 Å². The summed E-state index contributed by atoms with van der Waals surface area (Å²) in [6.07, 6.45) is 8.73. The van der Waals surface area contributed by atoms with E-state index in [0.717, 1.165) is 38.5 Å². The third kappa shape index (κ3) is 6.07. The molecule has 0 radical (unpaired) electrons. The average molecular weight is 658 g/mol. The van der Waals surface area contributed by atoms with Gasteiger partial charge in [-0.05, 0) is 63.0 Å². The maximum atomic E-state index is 14.3. The average Bonchev–Trinajstić information content (AvgIpc) is 3.95. The van der Waals surface area contributed by atoms with E-state index in [1.165, 1.54) is 15.9 Å². The van der Waals surface area contributed by atoms with Gasteiger partial charge in [-0.15, -0.1) is 0 Å². The first-order valence-corrected chi connectivity index (χ1v) is 17.9. The summed E-state index contributed by atoms with van der Waals surface area (Å²) in [6, 6.07) is 3.43. The highest BCUT2D eigenvalue weighted by molar-refractivity contribution is 7.91. The molecule has 1 aromatic rings. The van der Waals surface area contributed by atoms with Crippen LogP contribution in [0.25, 0.3) is 0 Å². The fraction of sp³-hybridized carbons (Fsp3) is 0.625. The van der Waals surface area contributed by atoms with Crippen molar-refractivity contribution < 1.29 is 36.7 Å². The molecule has 2 N–H and O–H groups in total. The van der Waals surface area contributed by atoms with Crippen LogP contribution < -0.4 is 10.0 Å². The molecule has 6 aliphatic rings. The number of nitrogens with one attached hydrogen (secondary N) is 2. The van der Waals surface area contributed by atoms with E-state index < -0.39 is 62.6 Å². The summed E-state index contributed by atoms with van der Waals surface area (Å²) in [5.41, 5.74) is -0.319. The van der Waals surface area contributed by atoms with Gasteiger partial charge in [0.15, 0.2) is 0 Å². The summed E-state index contributed by atoms with van der Waals surface area (Å²) in [5, 5.41) is 2.24. The Morgan fingerprint density at radius 2 is 1.85 bits per heavy atom. The van der Waals surface area contributed by atoms with Crippen LogP contribution >= 0.6 is 0 Å². The van der Waals surface area contributed by atoms with Crippen LogP contribution in [0.1, 0.15) is 75.3 Å². The molecular formula is C32H40FN5O7S. The Bertz CT molecular complexity index is 1580. The second-order valence-corrected chi connectivity index (χ2v) is 15.5. The number of hydrogen-bond acceptors (Lipinski definition) is 7. The minimum absolute atomic E-state index is 0.00947. The van der Waals surface area contributed by atoms with Crippen molar-refractivity contribution in [2.45, 2.75) is 106 Å². The largest absolute Gasteiger partial charge is 0.444 e. The van der Waals surface area contributed by atoms with Crippen LogP contribution in [0.4, 0.5) is 14.0 Å². The molecule has 0 bridgehead atoms. The number of ether oxygens (including phenoxy) is 1. The molecule has 0 spiro atoms. The molecule has 3 saturated carbocycles. The molecule has 12 nitrogen and oxygen atoms in total. The molecule has 3 heterocycles. The molecule has 5 amide bonds. The summed E-state index contributed by atoms with van der Waals surface area (Å²) < 4.78 is 47.7. The van der Waals surface area contributed by atoms with E-state index in [0.29, 0.717) is 30.5 Å². The molecule has 4 fully saturated rings. The Morgan fingerprint density at radius 3 is 2.59 bits per heavy atom. The number of halogens is 1. The number of rotatable bonds is 5. The third-order valence-electron chi connectivity index (χ3n) is 10.1. The zero-order valence-electron chi connectivity index (χ0n) is 25.7. The number of allylic oxidation sites excluding steroid dienone is 1. The zero-order chi connectivity index (χ0) is 32.2. The molecule has 14 heteroatoms.